The minimum absolute atomic E-state index is 0.0679. The van der Waals surface area contributed by atoms with Crippen LogP contribution >= 0.6 is 11.6 Å². The molecule has 0 spiro atoms. The fourth-order valence-corrected chi connectivity index (χ4v) is 2.40. The van der Waals surface area contributed by atoms with Crippen molar-refractivity contribution in [2.24, 2.45) is 0 Å². The SMILES string of the molecule is OCc1c(Cl)cccc1N1CCCC(O)C1. The minimum atomic E-state index is -0.278. The maximum atomic E-state index is 9.64. The average Bonchev–Trinajstić information content (AvgIpc) is 2.28. The summed E-state index contributed by atoms with van der Waals surface area (Å²) >= 11 is 6.04. The van der Waals surface area contributed by atoms with Gasteiger partial charge in [0, 0.05) is 29.4 Å². The van der Waals surface area contributed by atoms with Crippen LogP contribution in [-0.4, -0.2) is 29.4 Å². The zero-order chi connectivity index (χ0) is 11.5. The van der Waals surface area contributed by atoms with Gasteiger partial charge in [-0.3, -0.25) is 0 Å². The molecule has 4 heteroatoms. The normalized spacial score (nSPS) is 21.2. The number of piperidine rings is 1. The molecule has 3 nitrogen and oxygen atoms in total. The number of nitrogens with zero attached hydrogens (tertiary/aromatic N) is 1. The number of hydrogen-bond donors (Lipinski definition) is 2. The average molecular weight is 242 g/mol. The number of benzene rings is 1. The van der Waals surface area contributed by atoms with Gasteiger partial charge in [0.15, 0.2) is 0 Å². The maximum absolute atomic E-state index is 9.64. The van der Waals surface area contributed by atoms with E-state index in [9.17, 15) is 10.2 Å². The molecule has 0 aromatic heterocycles. The molecule has 0 saturated carbocycles. The van der Waals surface area contributed by atoms with Gasteiger partial charge in [0.2, 0.25) is 0 Å². The van der Waals surface area contributed by atoms with Gasteiger partial charge in [-0.2, -0.15) is 0 Å². The van der Waals surface area contributed by atoms with E-state index in [1.165, 1.54) is 0 Å². The van der Waals surface area contributed by atoms with Gasteiger partial charge in [-0.1, -0.05) is 17.7 Å². The van der Waals surface area contributed by atoms with E-state index in [1.807, 2.05) is 12.1 Å². The van der Waals surface area contributed by atoms with Crippen molar-refractivity contribution in [1.29, 1.82) is 0 Å². The van der Waals surface area contributed by atoms with Crippen LogP contribution in [0, 0.1) is 0 Å². The molecule has 1 aromatic carbocycles. The summed E-state index contributed by atoms with van der Waals surface area (Å²) in [5.74, 6) is 0. The Hall–Kier alpha value is -0.770. The molecule has 0 aliphatic carbocycles. The lowest BCUT2D eigenvalue weighted by molar-refractivity contribution is 0.154. The maximum Gasteiger partial charge on any atom is 0.0716 e. The van der Waals surface area contributed by atoms with Crippen molar-refractivity contribution in [3.05, 3.63) is 28.8 Å². The van der Waals surface area contributed by atoms with Gasteiger partial charge in [-0.15, -0.1) is 0 Å². The molecule has 0 radical (unpaired) electrons. The lowest BCUT2D eigenvalue weighted by Gasteiger charge is -2.33. The summed E-state index contributed by atoms with van der Waals surface area (Å²) in [4.78, 5) is 2.09. The molecule has 0 bridgehead atoms. The van der Waals surface area contributed by atoms with Crippen molar-refractivity contribution in [3.63, 3.8) is 0 Å². The topological polar surface area (TPSA) is 43.7 Å². The Balaban J connectivity index is 2.28. The monoisotopic (exact) mass is 241 g/mol. The first-order chi connectivity index (χ1) is 7.72. The van der Waals surface area contributed by atoms with Gasteiger partial charge < -0.3 is 15.1 Å². The lowest BCUT2D eigenvalue weighted by Crippen LogP contribution is -2.38. The van der Waals surface area contributed by atoms with E-state index in [0.29, 0.717) is 11.6 Å². The zero-order valence-electron chi connectivity index (χ0n) is 9.06. The van der Waals surface area contributed by atoms with Gasteiger partial charge in [-0.05, 0) is 25.0 Å². The highest BCUT2D eigenvalue weighted by Gasteiger charge is 2.20. The van der Waals surface area contributed by atoms with Crippen LogP contribution in [0.25, 0.3) is 0 Å². The number of anilines is 1. The Labute approximate surface area is 100 Å². The van der Waals surface area contributed by atoms with Gasteiger partial charge >= 0.3 is 0 Å². The Morgan fingerprint density at radius 2 is 2.25 bits per heavy atom. The Bertz CT molecular complexity index is 370. The van der Waals surface area contributed by atoms with Crippen LogP contribution in [0.2, 0.25) is 5.02 Å². The van der Waals surface area contributed by atoms with Crippen LogP contribution in [0.15, 0.2) is 18.2 Å². The Morgan fingerprint density at radius 3 is 2.94 bits per heavy atom. The first-order valence-electron chi connectivity index (χ1n) is 5.53. The first-order valence-corrected chi connectivity index (χ1v) is 5.91. The van der Waals surface area contributed by atoms with E-state index in [1.54, 1.807) is 6.07 Å². The fourth-order valence-electron chi connectivity index (χ4n) is 2.17. The molecule has 0 amide bonds. The van der Waals surface area contributed by atoms with Crippen molar-refractivity contribution in [3.8, 4) is 0 Å². The summed E-state index contributed by atoms with van der Waals surface area (Å²) in [5, 5.41) is 19.5. The van der Waals surface area contributed by atoms with Crippen LogP contribution in [-0.2, 0) is 6.61 Å². The van der Waals surface area contributed by atoms with E-state index >= 15 is 0 Å². The summed E-state index contributed by atoms with van der Waals surface area (Å²) in [7, 11) is 0. The smallest absolute Gasteiger partial charge is 0.0716 e. The largest absolute Gasteiger partial charge is 0.392 e. The molecule has 1 aromatic rings. The Morgan fingerprint density at radius 1 is 1.44 bits per heavy atom. The summed E-state index contributed by atoms with van der Waals surface area (Å²) in [6.45, 7) is 1.46. The second-order valence-electron chi connectivity index (χ2n) is 4.14. The van der Waals surface area contributed by atoms with Crippen LogP contribution < -0.4 is 4.90 Å². The summed E-state index contributed by atoms with van der Waals surface area (Å²) < 4.78 is 0. The van der Waals surface area contributed by atoms with Crippen LogP contribution in [0.5, 0.6) is 0 Å². The molecule has 1 fully saturated rings. The summed E-state index contributed by atoms with van der Waals surface area (Å²) in [6, 6.07) is 5.59. The second kappa shape index (κ2) is 5.04. The summed E-state index contributed by atoms with van der Waals surface area (Å²) in [5.41, 5.74) is 1.69. The minimum Gasteiger partial charge on any atom is -0.392 e. The van der Waals surface area contributed by atoms with Crippen molar-refractivity contribution in [1.82, 2.24) is 0 Å². The van der Waals surface area contributed by atoms with E-state index in [4.69, 9.17) is 11.6 Å². The number of β-amino-alcohol motifs (C(OH)–C–C–N with tert-alkyl or cyclic N) is 1. The molecule has 1 heterocycles. The van der Waals surface area contributed by atoms with Crippen LogP contribution in [0.3, 0.4) is 0 Å². The number of rotatable bonds is 2. The summed E-state index contributed by atoms with van der Waals surface area (Å²) in [6.07, 6.45) is 1.55. The number of aliphatic hydroxyl groups excluding tert-OH is 2. The third kappa shape index (κ3) is 2.32. The van der Waals surface area contributed by atoms with Crippen molar-refractivity contribution in [2.75, 3.05) is 18.0 Å². The van der Waals surface area contributed by atoms with Crippen molar-refractivity contribution >= 4 is 17.3 Å². The number of hydrogen-bond acceptors (Lipinski definition) is 3. The predicted molar refractivity (Wildman–Crippen MR) is 64.8 cm³/mol. The second-order valence-corrected chi connectivity index (χ2v) is 4.54. The van der Waals surface area contributed by atoms with E-state index in [0.717, 1.165) is 30.6 Å². The van der Waals surface area contributed by atoms with E-state index < -0.39 is 0 Å². The third-order valence-corrected chi connectivity index (χ3v) is 3.34. The highest BCUT2D eigenvalue weighted by atomic mass is 35.5. The molecule has 1 aliphatic heterocycles. The molecule has 16 heavy (non-hydrogen) atoms. The van der Waals surface area contributed by atoms with Gasteiger partial charge in [0.05, 0.1) is 12.7 Å². The molecule has 2 rings (SSSR count). The quantitative estimate of drug-likeness (QED) is 0.830. The fraction of sp³-hybridized carbons (Fsp3) is 0.500. The number of aliphatic hydroxyl groups is 2. The van der Waals surface area contributed by atoms with E-state index in [2.05, 4.69) is 4.90 Å². The number of halogens is 1. The van der Waals surface area contributed by atoms with Crippen LogP contribution in [0.1, 0.15) is 18.4 Å². The standard InChI is InChI=1S/C12H16ClNO2/c13-11-4-1-5-12(10(11)8-15)14-6-2-3-9(16)7-14/h1,4-5,9,15-16H,2-3,6-8H2. The molecule has 1 unspecified atom stereocenters. The Kier molecular flexibility index (Phi) is 3.69. The molecule has 1 aliphatic rings. The lowest BCUT2D eigenvalue weighted by atomic mass is 10.1. The van der Waals surface area contributed by atoms with E-state index in [-0.39, 0.29) is 12.7 Å². The van der Waals surface area contributed by atoms with Gasteiger partial charge in [-0.25, -0.2) is 0 Å². The molecule has 2 N–H and O–H groups in total. The van der Waals surface area contributed by atoms with Crippen LogP contribution in [0.4, 0.5) is 5.69 Å². The third-order valence-electron chi connectivity index (χ3n) is 2.99. The van der Waals surface area contributed by atoms with Crippen molar-refractivity contribution in [2.45, 2.75) is 25.6 Å². The molecular formula is C12H16ClNO2. The zero-order valence-corrected chi connectivity index (χ0v) is 9.82. The molecule has 1 atom stereocenters. The van der Waals surface area contributed by atoms with Gasteiger partial charge in [0.1, 0.15) is 0 Å². The molecule has 1 saturated heterocycles. The van der Waals surface area contributed by atoms with Crippen molar-refractivity contribution < 1.29 is 10.2 Å². The first kappa shape index (κ1) is 11.7. The molecular weight excluding hydrogens is 226 g/mol. The molecule has 88 valence electrons. The highest BCUT2D eigenvalue weighted by Crippen LogP contribution is 2.29. The predicted octanol–water partition coefficient (Wildman–Crippen LogP) is 1.79. The highest BCUT2D eigenvalue weighted by molar-refractivity contribution is 6.31. The van der Waals surface area contributed by atoms with Gasteiger partial charge in [0.25, 0.3) is 0 Å².